The number of thioether (sulfide) groups is 1. The Balaban J connectivity index is 1.38. The zero-order valence-electron chi connectivity index (χ0n) is 18.4. The highest BCUT2D eigenvalue weighted by molar-refractivity contribution is 7.99. The number of carbonyl (C=O) groups excluding carboxylic acids is 1. The highest BCUT2D eigenvalue weighted by Crippen LogP contribution is 2.35. The Morgan fingerprint density at radius 2 is 2.12 bits per heavy atom. The third kappa shape index (κ3) is 4.67. The van der Waals surface area contributed by atoms with E-state index in [-0.39, 0.29) is 5.91 Å². The molecule has 1 amide bonds. The lowest BCUT2D eigenvalue weighted by Crippen LogP contribution is -2.34. The van der Waals surface area contributed by atoms with Crippen molar-refractivity contribution in [3.8, 4) is 11.4 Å². The van der Waals surface area contributed by atoms with Crippen LogP contribution in [0.3, 0.4) is 0 Å². The van der Waals surface area contributed by atoms with Crippen LogP contribution >= 0.6 is 11.8 Å². The normalized spacial score (nSPS) is 16.1. The number of aryl methyl sites for hydroxylation is 1. The van der Waals surface area contributed by atoms with E-state index in [1.54, 1.807) is 6.26 Å². The van der Waals surface area contributed by atoms with Gasteiger partial charge in [0.15, 0.2) is 11.0 Å². The van der Waals surface area contributed by atoms with Crippen molar-refractivity contribution in [2.24, 2.45) is 0 Å². The van der Waals surface area contributed by atoms with Gasteiger partial charge in [-0.15, -0.1) is 10.2 Å². The average molecular weight is 449 g/mol. The van der Waals surface area contributed by atoms with Gasteiger partial charge in [-0.25, -0.2) is 0 Å². The molecule has 0 spiro atoms. The van der Waals surface area contributed by atoms with Crippen LogP contribution in [0.4, 0.5) is 0 Å². The Labute approximate surface area is 192 Å². The highest BCUT2D eigenvalue weighted by Gasteiger charge is 2.35. The minimum absolute atomic E-state index is 0.176. The van der Waals surface area contributed by atoms with Gasteiger partial charge in [-0.2, -0.15) is 0 Å². The predicted molar refractivity (Wildman–Crippen MR) is 125 cm³/mol. The van der Waals surface area contributed by atoms with Gasteiger partial charge in [-0.3, -0.25) is 9.36 Å². The number of hydrogen-bond donors (Lipinski definition) is 0. The minimum atomic E-state index is 0.176. The van der Waals surface area contributed by atoms with E-state index in [1.165, 1.54) is 35.9 Å². The molecule has 6 nitrogen and oxygen atoms in total. The first kappa shape index (κ1) is 21.1. The first-order valence-electron chi connectivity index (χ1n) is 11.4. The van der Waals surface area contributed by atoms with Crippen LogP contribution in [0.1, 0.15) is 49.8 Å². The van der Waals surface area contributed by atoms with Crippen LogP contribution in [0.25, 0.3) is 11.4 Å². The lowest BCUT2D eigenvalue weighted by atomic mass is 10.0. The van der Waals surface area contributed by atoms with Gasteiger partial charge in [0.1, 0.15) is 5.76 Å². The number of nitrogens with zero attached hydrogens (tertiary/aromatic N) is 4. The standard InChI is InChI=1S/C25H28N4O2S/c1-18-7-5-8-19(15-18)24-26-27-25(28(24)16-22-11-6-14-31-22)32-17-23(30)29(21-12-13-21)20-9-3-2-4-10-20/h5-9,11,14-15,21H,2-4,10,12-13,16-17H2,1H3. The molecular weight excluding hydrogens is 420 g/mol. The van der Waals surface area contributed by atoms with Crippen molar-refractivity contribution < 1.29 is 9.21 Å². The van der Waals surface area contributed by atoms with E-state index >= 15 is 0 Å². The Kier molecular flexibility index (Phi) is 6.17. The summed E-state index contributed by atoms with van der Waals surface area (Å²) in [6.07, 6.45) is 10.7. The fourth-order valence-corrected chi connectivity index (χ4v) is 5.06. The van der Waals surface area contributed by atoms with E-state index < -0.39 is 0 Å². The quantitative estimate of drug-likeness (QED) is 0.430. The zero-order chi connectivity index (χ0) is 21.9. The molecule has 2 heterocycles. The number of hydrogen-bond acceptors (Lipinski definition) is 5. The first-order chi connectivity index (χ1) is 15.7. The second-order valence-electron chi connectivity index (χ2n) is 8.57. The Bertz CT molecular complexity index is 1110. The van der Waals surface area contributed by atoms with Crippen LogP contribution in [-0.4, -0.2) is 37.4 Å². The first-order valence-corrected chi connectivity index (χ1v) is 12.3. The molecule has 2 aromatic heterocycles. The van der Waals surface area contributed by atoms with Gasteiger partial charge in [0, 0.05) is 17.3 Å². The number of aromatic nitrogens is 3. The van der Waals surface area contributed by atoms with Crippen LogP contribution < -0.4 is 0 Å². The lowest BCUT2D eigenvalue weighted by Gasteiger charge is -2.27. The van der Waals surface area contributed by atoms with Gasteiger partial charge in [-0.05, 0) is 63.6 Å². The average Bonchev–Trinajstić information content (AvgIpc) is 3.34. The molecule has 2 aliphatic carbocycles. The van der Waals surface area contributed by atoms with Crippen molar-refractivity contribution >= 4 is 17.7 Å². The SMILES string of the molecule is Cc1cccc(-c2nnc(SCC(=O)N(C3=CCCCC3)C3CC3)n2Cc2ccco2)c1. The predicted octanol–water partition coefficient (Wildman–Crippen LogP) is 5.44. The smallest absolute Gasteiger partial charge is 0.237 e. The van der Waals surface area contributed by atoms with E-state index in [2.05, 4.69) is 40.2 Å². The molecule has 0 aliphatic heterocycles. The van der Waals surface area contributed by atoms with Crippen LogP contribution in [-0.2, 0) is 11.3 Å². The second kappa shape index (κ2) is 9.36. The van der Waals surface area contributed by atoms with Crippen molar-refractivity contribution in [1.82, 2.24) is 19.7 Å². The fraction of sp³-hybridized carbons (Fsp3) is 0.400. The van der Waals surface area contributed by atoms with Gasteiger partial charge >= 0.3 is 0 Å². The molecule has 32 heavy (non-hydrogen) atoms. The number of allylic oxidation sites excluding steroid dienone is 2. The number of rotatable bonds is 8. The van der Waals surface area contributed by atoms with Gasteiger partial charge in [0.2, 0.25) is 5.91 Å². The van der Waals surface area contributed by atoms with Crippen molar-refractivity contribution in [3.05, 3.63) is 65.8 Å². The van der Waals surface area contributed by atoms with E-state index in [1.807, 2.05) is 28.8 Å². The van der Waals surface area contributed by atoms with Gasteiger partial charge in [0.25, 0.3) is 0 Å². The summed E-state index contributed by atoms with van der Waals surface area (Å²) in [5.74, 6) is 2.15. The Morgan fingerprint density at radius 3 is 2.84 bits per heavy atom. The summed E-state index contributed by atoms with van der Waals surface area (Å²) in [5, 5.41) is 9.67. The molecule has 0 radical (unpaired) electrons. The third-order valence-electron chi connectivity index (χ3n) is 5.97. The van der Waals surface area contributed by atoms with Crippen molar-refractivity contribution in [2.45, 2.75) is 63.2 Å². The highest BCUT2D eigenvalue weighted by atomic mass is 32.2. The summed E-state index contributed by atoms with van der Waals surface area (Å²) in [6, 6.07) is 12.5. The number of carbonyl (C=O) groups is 1. The summed E-state index contributed by atoms with van der Waals surface area (Å²) in [4.78, 5) is 15.3. The van der Waals surface area contributed by atoms with E-state index in [9.17, 15) is 4.79 Å². The van der Waals surface area contributed by atoms with Crippen molar-refractivity contribution in [1.29, 1.82) is 0 Å². The molecular formula is C25H28N4O2S. The fourth-order valence-electron chi connectivity index (χ4n) is 4.26. The number of amides is 1. The van der Waals surface area contributed by atoms with Crippen molar-refractivity contribution in [2.75, 3.05) is 5.75 Å². The summed E-state index contributed by atoms with van der Waals surface area (Å²) >= 11 is 1.46. The molecule has 0 unspecified atom stereocenters. The molecule has 3 aromatic rings. The molecule has 0 saturated heterocycles. The molecule has 5 rings (SSSR count). The van der Waals surface area contributed by atoms with Crippen LogP contribution in [0.2, 0.25) is 0 Å². The molecule has 0 bridgehead atoms. The molecule has 0 atom stereocenters. The summed E-state index contributed by atoms with van der Waals surface area (Å²) in [5.41, 5.74) is 3.40. The monoisotopic (exact) mass is 448 g/mol. The van der Waals surface area contributed by atoms with Crippen LogP contribution in [0.5, 0.6) is 0 Å². The largest absolute Gasteiger partial charge is 0.467 e. The Hall–Kier alpha value is -2.80. The van der Waals surface area contributed by atoms with E-state index in [0.717, 1.165) is 48.0 Å². The lowest BCUT2D eigenvalue weighted by molar-refractivity contribution is -0.127. The zero-order valence-corrected chi connectivity index (χ0v) is 19.2. The maximum atomic E-state index is 13.2. The summed E-state index contributed by atoms with van der Waals surface area (Å²) in [6.45, 7) is 2.59. The second-order valence-corrected chi connectivity index (χ2v) is 9.51. The number of benzene rings is 1. The van der Waals surface area contributed by atoms with Crippen molar-refractivity contribution in [3.63, 3.8) is 0 Å². The summed E-state index contributed by atoms with van der Waals surface area (Å²) in [7, 11) is 0. The molecule has 166 valence electrons. The molecule has 0 N–H and O–H groups in total. The van der Waals surface area contributed by atoms with Crippen LogP contribution in [0.15, 0.2) is 64.0 Å². The van der Waals surface area contributed by atoms with E-state index in [0.29, 0.717) is 18.3 Å². The molecule has 2 aliphatic rings. The Morgan fingerprint density at radius 1 is 1.22 bits per heavy atom. The topological polar surface area (TPSA) is 64.2 Å². The van der Waals surface area contributed by atoms with Gasteiger partial charge in [-0.1, -0.05) is 41.6 Å². The van der Waals surface area contributed by atoms with E-state index in [4.69, 9.17) is 4.42 Å². The molecule has 1 fully saturated rings. The summed E-state index contributed by atoms with van der Waals surface area (Å²) < 4.78 is 7.64. The molecule has 1 saturated carbocycles. The third-order valence-corrected chi connectivity index (χ3v) is 6.92. The number of furan rings is 1. The maximum Gasteiger partial charge on any atom is 0.237 e. The molecule has 1 aromatic carbocycles. The van der Waals surface area contributed by atoms with Gasteiger partial charge in [0.05, 0.1) is 18.6 Å². The maximum absolute atomic E-state index is 13.2. The minimum Gasteiger partial charge on any atom is -0.467 e. The molecule has 7 heteroatoms. The van der Waals surface area contributed by atoms with Crippen LogP contribution in [0, 0.1) is 6.92 Å². The van der Waals surface area contributed by atoms with Gasteiger partial charge < -0.3 is 9.32 Å².